The van der Waals surface area contributed by atoms with E-state index in [1.807, 2.05) is 66.7 Å². The first kappa shape index (κ1) is 26.0. The van der Waals surface area contributed by atoms with Gasteiger partial charge < -0.3 is 10.2 Å². The molecule has 0 saturated heterocycles. The number of amides is 2. The Bertz CT molecular complexity index is 1090. The Morgan fingerprint density at radius 3 is 2.24 bits per heavy atom. The van der Waals surface area contributed by atoms with Crippen LogP contribution in [0.1, 0.15) is 30.5 Å². The zero-order chi connectivity index (χ0) is 24.5. The van der Waals surface area contributed by atoms with Crippen molar-refractivity contribution >= 4 is 39.3 Å². The summed E-state index contributed by atoms with van der Waals surface area (Å²) in [7, 11) is 0. The second-order valence-electron chi connectivity index (χ2n) is 8.80. The molecule has 0 heterocycles. The maximum atomic E-state index is 13.7. The van der Waals surface area contributed by atoms with Gasteiger partial charge in [0.1, 0.15) is 6.04 Å². The molecule has 34 heavy (non-hydrogen) atoms. The molecular formula is C28H30BrClN2O2. The molecule has 3 aromatic carbocycles. The summed E-state index contributed by atoms with van der Waals surface area (Å²) in [6, 6.07) is 24.3. The van der Waals surface area contributed by atoms with Crippen LogP contribution in [0.25, 0.3) is 0 Å². The number of rotatable bonds is 10. The fourth-order valence-electron chi connectivity index (χ4n) is 3.69. The Morgan fingerprint density at radius 2 is 1.59 bits per heavy atom. The van der Waals surface area contributed by atoms with Crippen molar-refractivity contribution in [3.63, 3.8) is 0 Å². The molecule has 0 radical (unpaired) electrons. The number of hydrogen-bond acceptors (Lipinski definition) is 2. The molecule has 6 heteroatoms. The van der Waals surface area contributed by atoms with Gasteiger partial charge >= 0.3 is 0 Å². The van der Waals surface area contributed by atoms with E-state index in [1.54, 1.807) is 17.0 Å². The molecule has 0 aliphatic heterocycles. The van der Waals surface area contributed by atoms with Crippen LogP contribution >= 0.6 is 27.5 Å². The van der Waals surface area contributed by atoms with E-state index in [1.165, 1.54) is 0 Å². The molecule has 0 fully saturated rings. The van der Waals surface area contributed by atoms with Gasteiger partial charge in [0.25, 0.3) is 0 Å². The number of nitrogens with one attached hydrogen (secondary N) is 1. The molecule has 1 atom stereocenters. The van der Waals surface area contributed by atoms with E-state index in [9.17, 15) is 9.59 Å². The molecule has 3 rings (SSSR count). The highest BCUT2D eigenvalue weighted by Crippen LogP contribution is 2.19. The summed E-state index contributed by atoms with van der Waals surface area (Å²) >= 11 is 9.54. The summed E-state index contributed by atoms with van der Waals surface area (Å²) in [6.45, 7) is 4.99. The third-order valence-corrected chi connectivity index (χ3v) is 6.21. The van der Waals surface area contributed by atoms with Gasteiger partial charge in [-0.15, -0.1) is 0 Å². The second kappa shape index (κ2) is 12.7. The Labute approximate surface area is 215 Å². The topological polar surface area (TPSA) is 49.4 Å². The van der Waals surface area contributed by atoms with Crippen molar-refractivity contribution < 1.29 is 9.59 Å². The SMILES string of the molecule is CC(C)CNC(=O)[C@@H](Cc1ccccc1)N(Cc1cccc(Br)c1)C(=O)Cc1ccc(Cl)cc1. The molecule has 3 aromatic rings. The molecule has 1 N–H and O–H groups in total. The Hall–Kier alpha value is -2.63. The number of halogens is 2. The molecule has 0 spiro atoms. The lowest BCUT2D eigenvalue weighted by Crippen LogP contribution is -2.51. The van der Waals surface area contributed by atoms with E-state index >= 15 is 0 Å². The van der Waals surface area contributed by atoms with Gasteiger partial charge in [-0.3, -0.25) is 9.59 Å². The van der Waals surface area contributed by atoms with Crippen LogP contribution < -0.4 is 5.32 Å². The summed E-state index contributed by atoms with van der Waals surface area (Å²) in [5, 5.41) is 3.67. The first-order valence-electron chi connectivity index (χ1n) is 11.4. The van der Waals surface area contributed by atoms with E-state index in [-0.39, 0.29) is 18.2 Å². The summed E-state index contributed by atoms with van der Waals surface area (Å²) < 4.78 is 0.930. The molecule has 178 valence electrons. The minimum Gasteiger partial charge on any atom is -0.354 e. The number of nitrogens with zero attached hydrogens (tertiary/aromatic N) is 1. The largest absolute Gasteiger partial charge is 0.354 e. The minimum absolute atomic E-state index is 0.108. The summed E-state index contributed by atoms with van der Waals surface area (Å²) in [4.78, 5) is 28.8. The standard InChI is InChI=1S/C28H30BrClN2O2/c1-20(2)18-31-28(34)26(16-21-7-4-3-5-8-21)32(19-23-9-6-10-24(29)15-23)27(33)17-22-11-13-25(30)14-12-22/h3-15,20,26H,16-19H2,1-2H3,(H,31,34)/t26-/m1/s1. The van der Waals surface area contributed by atoms with Gasteiger partial charge in [-0.1, -0.05) is 96.0 Å². The Kier molecular flexibility index (Phi) is 9.73. The minimum atomic E-state index is -0.639. The molecule has 0 saturated carbocycles. The van der Waals surface area contributed by atoms with Gasteiger partial charge in [-0.05, 0) is 46.9 Å². The van der Waals surface area contributed by atoms with Crippen LogP contribution in [0.4, 0.5) is 0 Å². The second-order valence-corrected chi connectivity index (χ2v) is 10.2. The van der Waals surface area contributed by atoms with Crippen molar-refractivity contribution in [2.75, 3.05) is 6.54 Å². The van der Waals surface area contributed by atoms with Crippen molar-refractivity contribution in [3.8, 4) is 0 Å². The van der Waals surface area contributed by atoms with Gasteiger partial charge in [-0.25, -0.2) is 0 Å². The van der Waals surface area contributed by atoms with Crippen LogP contribution in [-0.2, 0) is 29.0 Å². The van der Waals surface area contributed by atoms with Crippen LogP contribution in [0.15, 0.2) is 83.3 Å². The highest BCUT2D eigenvalue weighted by molar-refractivity contribution is 9.10. The normalized spacial score (nSPS) is 11.8. The maximum absolute atomic E-state index is 13.7. The van der Waals surface area contributed by atoms with Crippen molar-refractivity contribution in [2.24, 2.45) is 5.92 Å². The predicted molar refractivity (Wildman–Crippen MR) is 142 cm³/mol. The smallest absolute Gasteiger partial charge is 0.243 e. The highest BCUT2D eigenvalue weighted by Gasteiger charge is 2.30. The fourth-order valence-corrected chi connectivity index (χ4v) is 4.26. The molecule has 0 aliphatic rings. The molecule has 4 nitrogen and oxygen atoms in total. The average Bonchev–Trinajstić information content (AvgIpc) is 2.82. The third kappa shape index (κ3) is 8.00. The van der Waals surface area contributed by atoms with Crippen molar-refractivity contribution in [1.29, 1.82) is 0 Å². The fraction of sp³-hybridized carbons (Fsp3) is 0.286. The molecular weight excluding hydrogens is 512 g/mol. The van der Waals surface area contributed by atoms with E-state index in [2.05, 4.69) is 35.1 Å². The molecule has 0 aromatic heterocycles. The summed E-state index contributed by atoms with van der Waals surface area (Å²) in [5.41, 5.74) is 2.81. The maximum Gasteiger partial charge on any atom is 0.243 e. The third-order valence-electron chi connectivity index (χ3n) is 5.47. The molecule has 0 unspecified atom stereocenters. The zero-order valence-corrected chi connectivity index (χ0v) is 21.9. The van der Waals surface area contributed by atoms with Gasteiger partial charge in [0.15, 0.2) is 0 Å². The predicted octanol–water partition coefficient (Wildman–Crippen LogP) is 6.06. The van der Waals surface area contributed by atoms with Crippen LogP contribution in [0.3, 0.4) is 0 Å². The zero-order valence-electron chi connectivity index (χ0n) is 19.5. The van der Waals surface area contributed by atoms with E-state index in [0.29, 0.717) is 30.5 Å². The first-order chi connectivity index (χ1) is 16.3. The van der Waals surface area contributed by atoms with Crippen molar-refractivity contribution in [3.05, 3.63) is 105 Å². The highest BCUT2D eigenvalue weighted by atomic mass is 79.9. The van der Waals surface area contributed by atoms with Crippen molar-refractivity contribution in [2.45, 2.75) is 39.3 Å². The van der Waals surface area contributed by atoms with E-state index in [4.69, 9.17) is 11.6 Å². The van der Waals surface area contributed by atoms with Crippen molar-refractivity contribution in [1.82, 2.24) is 10.2 Å². The number of benzene rings is 3. The Morgan fingerprint density at radius 1 is 0.912 bits per heavy atom. The quantitative estimate of drug-likeness (QED) is 0.339. The molecule has 2 amide bonds. The first-order valence-corrected chi connectivity index (χ1v) is 12.6. The lowest BCUT2D eigenvalue weighted by molar-refractivity contribution is -0.140. The monoisotopic (exact) mass is 540 g/mol. The number of hydrogen-bond donors (Lipinski definition) is 1. The lowest BCUT2D eigenvalue weighted by Gasteiger charge is -2.32. The molecule has 0 bridgehead atoms. The van der Waals surface area contributed by atoms with Crippen LogP contribution in [0.5, 0.6) is 0 Å². The van der Waals surface area contributed by atoms with Gasteiger partial charge in [-0.2, -0.15) is 0 Å². The van der Waals surface area contributed by atoms with E-state index < -0.39 is 6.04 Å². The van der Waals surface area contributed by atoms with Gasteiger partial charge in [0.05, 0.1) is 6.42 Å². The van der Waals surface area contributed by atoms with E-state index in [0.717, 1.165) is 21.2 Å². The number of carbonyl (C=O) groups excluding carboxylic acids is 2. The molecule has 0 aliphatic carbocycles. The summed E-state index contributed by atoms with van der Waals surface area (Å²) in [6.07, 6.45) is 0.624. The summed E-state index contributed by atoms with van der Waals surface area (Å²) in [5.74, 6) is 0.0598. The van der Waals surface area contributed by atoms with Crippen LogP contribution in [0, 0.1) is 5.92 Å². The number of carbonyl (C=O) groups is 2. The van der Waals surface area contributed by atoms with Crippen LogP contribution in [0.2, 0.25) is 5.02 Å². The Balaban J connectivity index is 1.94. The average molecular weight is 542 g/mol. The van der Waals surface area contributed by atoms with Gasteiger partial charge in [0.2, 0.25) is 11.8 Å². The lowest BCUT2D eigenvalue weighted by atomic mass is 10.0. The van der Waals surface area contributed by atoms with Gasteiger partial charge in [0, 0.05) is 29.0 Å². The van der Waals surface area contributed by atoms with Crippen LogP contribution in [-0.4, -0.2) is 29.3 Å².